The van der Waals surface area contributed by atoms with E-state index in [1.807, 2.05) is 12.1 Å². The zero-order chi connectivity index (χ0) is 18.5. The van der Waals surface area contributed by atoms with Crippen LogP contribution in [0.25, 0.3) is 21.9 Å². The number of furan rings is 1. The first kappa shape index (κ1) is 15.5. The van der Waals surface area contributed by atoms with Crippen molar-refractivity contribution in [2.75, 3.05) is 14.2 Å². The molecule has 0 saturated heterocycles. The Morgan fingerprint density at radius 1 is 1.00 bits per heavy atom. The highest BCUT2D eigenvalue weighted by Gasteiger charge is 2.27. The lowest BCUT2D eigenvalue weighted by Gasteiger charge is -2.12. The van der Waals surface area contributed by atoms with Crippen LogP contribution in [0.5, 0.6) is 23.2 Å². The van der Waals surface area contributed by atoms with Gasteiger partial charge in [0.15, 0.2) is 16.9 Å². The zero-order valence-electron chi connectivity index (χ0n) is 14.4. The Balaban J connectivity index is 1.94. The van der Waals surface area contributed by atoms with E-state index in [9.17, 15) is 4.79 Å². The van der Waals surface area contributed by atoms with E-state index in [1.54, 1.807) is 18.2 Å². The minimum absolute atomic E-state index is 0.0347. The van der Waals surface area contributed by atoms with E-state index < -0.39 is 0 Å². The Morgan fingerprint density at radius 2 is 1.81 bits per heavy atom. The molecule has 0 bridgehead atoms. The minimum atomic E-state index is -0.332. The SMILES string of the molecule is COc1c2occc2c(OC)c2c(=O)c3c(oc12)Oc1ccccc1N=C3. The molecule has 0 saturated carbocycles. The number of hydrogen-bond donors (Lipinski definition) is 0. The van der Waals surface area contributed by atoms with Crippen LogP contribution in [-0.4, -0.2) is 20.4 Å². The van der Waals surface area contributed by atoms with Crippen molar-refractivity contribution >= 4 is 33.8 Å². The van der Waals surface area contributed by atoms with E-state index in [-0.39, 0.29) is 27.9 Å². The van der Waals surface area contributed by atoms with E-state index in [0.29, 0.717) is 33.9 Å². The van der Waals surface area contributed by atoms with Gasteiger partial charge >= 0.3 is 5.95 Å². The van der Waals surface area contributed by atoms with Gasteiger partial charge in [0.2, 0.25) is 11.2 Å². The first-order valence-electron chi connectivity index (χ1n) is 8.16. The van der Waals surface area contributed by atoms with E-state index in [1.165, 1.54) is 26.7 Å². The van der Waals surface area contributed by atoms with Crippen molar-refractivity contribution in [2.45, 2.75) is 0 Å². The van der Waals surface area contributed by atoms with Crippen molar-refractivity contribution < 1.29 is 23.0 Å². The summed E-state index contributed by atoms with van der Waals surface area (Å²) in [5, 5.41) is 0.854. The lowest BCUT2D eigenvalue weighted by Crippen LogP contribution is -2.11. The summed E-state index contributed by atoms with van der Waals surface area (Å²) in [6.45, 7) is 0. The Bertz CT molecular complexity index is 1300. The van der Waals surface area contributed by atoms with Crippen LogP contribution >= 0.6 is 0 Å². The average Bonchev–Trinajstić information content (AvgIpc) is 3.08. The molecule has 0 spiro atoms. The van der Waals surface area contributed by atoms with Crippen LogP contribution in [0.3, 0.4) is 0 Å². The zero-order valence-corrected chi connectivity index (χ0v) is 14.4. The van der Waals surface area contributed by atoms with Gasteiger partial charge in [-0.2, -0.15) is 0 Å². The maximum atomic E-state index is 13.3. The van der Waals surface area contributed by atoms with Gasteiger partial charge in [-0.1, -0.05) is 12.1 Å². The molecule has 2 aromatic carbocycles. The molecule has 134 valence electrons. The summed E-state index contributed by atoms with van der Waals surface area (Å²) in [6, 6.07) is 8.90. The first-order chi connectivity index (χ1) is 13.2. The normalized spacial score (nSPS) is 12.4. The molecular weight excluding hydrogens is 350 g/mol. The molecule has 4 aromatic rings. The summed E-state index contributed by atoms with van der Waals surface area (Å²) in [5.41, 5.74) is 1.07. The van der Waals surface area contributed by atoms with Crippen molar-refractivity contribution in [2.24, 2.45) is 4.99 Å². The van der Waals surface area contributed by atoms with Crippen LogP contribution in [-0.2, 0) is 0 Å². The van der Waals surface area contributed by atoms with Crippen LogP contribution in [0.2, 0.25) is 0 Å². The Morgan fingerprint density at radius 3 is 2.63 bits per heavy atom. The molecular formula is C20H13NO6. The quantitative estimate of drug-likeness (QED) is 0.462. The molecule has 0 amide bonds. The van der Waals surface area contributed by atoms with Crippen molar-refractivity contribution in [3.63, 3.8) is 0 Å². The highest BCUT2D eigenvalue weighted by Crippen LogP contribution is 2.44. The summed E-state index contributed by atoms with van der Waals surface area (Å²) >= 11 is 0. The first-order valence-corrected chi connectivity index (χ1v) is 8.16. The number of aliphatic imine (C=N–C) groups is 1. The van der Waals surface area contributed by atoms with E-state index in [0.717, 1.165) is 0 Å². The van der Waals surface area contributed by atoms with Gasteiger partial charge in [0.1, 0.15) is 22.4 Å². The highest BCUT2D eigenvalue weighted by molar-refractivity contribution is 6.08. The topological polar surface area (TPSA) is 83.4 Å². The molecule has 0 atom stereocenters. The number of nitrogens with zero attached hydrogens (tertiary/aromatic N) is 1. The van der Waals surface area contributed by atoms with Crippen LogP contribution in [0, 0.1) is 0 Å². The minimum Gasteiger partial charge on any atom is -0.495 e. The molecule has 7 heteroatoms. The van der Waals surface area contributed by atoms with E-state index in [2.05, 4.69) is 4.99 Å². The van der Waals surface area contributed by atoms with Crippen LogP contribution in [0.15, 0.2) is 55.2 Å². The second-order valence-electron chi connectivity index (χ2n) is 5.89. The fourth-order valence-corrected chi connectivity index (χ4v) is 3.27. The number of para-hydroxylation sites is 2. The van der Waals surface area contributed by atoms with Crippen LogP contribution in [0.1, 0.15) is 5.56 Å². The van der Waals surface area contributed by atoms with E-state index in [4.69, 9.17) is 23.0 Å². The maximum absolute atomic E-state index is 13.3. The fourth-order valence-electron chi connectivity index (χ4n) is 3.27. The van der Waals surface area contributed by atoms with E-state index >= 15 is 0 Å². The smallest absolute Gasteiger partial charge is 0.303 e. The monoisotopic (exact) mass is 363 g/mol. The molecule has 2 aromatic heterocycles. The van der Waals surface area contributed by atoms with Gasteiger partial charge < -0.3 is 23.0 Å². The number of ether oxygens (including phenoxy) is 3. The van der Waals surface area contributed by atoms with Gasteiger partial charge in [0.05, 0.1) is 25.9 Å². The van der Waals surface area contributed by atoms with Gasteiger partial charge in [-0.3, -0.25) is 9.79 Å². The second kappa shape index (κ2) is 5.63. The van der Waals surface area contributed by atoms with Crippen molar-refractivity contribution in [3.05, 3.63) is 52.4 Å². The Kier molecular flexibility index (Phi) is 3.24. The van der Waals surface area contributed by atoms with Crippen molar-refractivity contribution in [3.8, 4) is 23.2 Å². The summed E-state index contributed by atoms with van der Waals surface area (Å²) < 4.78 is 28.3. The molecule has 1 aliphatic heterocycles. The fraction of sp³-hybridized carbons (Fsp3) is 0.100. The third kappa shape index (κ3) is 2.08. The molecule has 0 N–H and O–H groups in total. The summed E-state index contributed by atoms with van der Waals surface area (Å²) in [7, 11) is 2.96. The molecule has 0 fully saturated rings. The third-order valence-electron chi connectivity index (χ3n) is 4.47. The molecule has 27 heavy (non-hydrogen) atoms. The van der Waals surface area contributed by atoms with Gasteiger partial charge in [-0.15, -0.1) is 0 Å². The summed E-state index contributed by atoms with van der Waals surface area (Å²) in [6.07, 6.45) is 2.94. The highest BCUT2D eigenvalue weighted by atomic mass is 16.6. The van der Waals surface area contributed by atoms with Crippen LogP contribution < -0.4 is 19.6 Å². The summed E-state index contributed by atoms with van der Waals surface area (Å²) in [5.74, 6) is 1.16. The number of benzene rings is 2. The average molecular weight is 363 g/mol. The standard InChI is InChI=1S/C20H13NO6/c1-23-16-10-7-8-25-17(10)19(24-2)18-14(16)15(22)11-9-21-12-5-3-4-6-13(12)26-20(11)27-18/h3-9H,1-2H3. The Labute approximate surface area is 152 Å². The third-order valence-corrected chi connectivity index (χ3v) is 4.47. The molecule has 0 aliphatic carbocycles. The maximum Gasteiger partial charge on any atom is 0.303 e. The van der Waals surface area contributed by atoms with Crippen molar-refractivity contribution in [1.82, 2.24) is 0 Å². The predicted octanol–water partition coefficient (Wildman–Crippen LogP) is 4.41. The summed E-state index contributed by atoms with van der Waals surface area (Å²) in [4.78, 5) is 17.6. The molecule has 3 heterocycles. The van der Waals surface area contributed by atoms with Gasteiger partial charge in [-0.05, 0) is 18.2 Å². The molecule has 7 nitrogen and oxygen atoms in total. The molecule has 1 aliphatic rings. The van der Waals surface area contributed by atoms with Crippen LogP contribution in [0.4, 0.5) is 5.69 Å². The largest absolute Gasteiger partial charge is 0.495 e. The van der Waals surface area contributed by atoms with Gasteiger partial charge in [-0.25, -0.2) is 0 Å². The molecule has 5 rings (SSSR count). The predicted molar refractivity (Wildman–Crippen MR) is 99.1 cm³/mol. The lowest BCUT2D eigenvalue weighted by molar-refractivity contribution is 0.344. The lowest BCUT2D eigenvalue weighted by atomic mass is 10.1. The van der Waals surface area contributed by atoms with Gasteiger partial charge in [0, 0.05) is 6.21 Å². The van der Waals surface area contributed by atoms with Crippen molar-refractivity contribution in [1.29, 1.82) is 0 Å². The molecule has 0 radical (unpaired) electrons. The number of fused-ring (bicyclic) bond motifs is 4. The number of hydrogen-bond acceptors (Lipinski definition) is 7. The second-order valence-corrected chi connectivity index (χ2v) is 5.89. The Hall–Kier alpha value is -3.74. The number of methoxy groups -OCH3 is 2. The number of rotatable bonds is 2. The van der Waals surface area contributed by atoms with Gasteiger partial charge in [0.25, 0.3) is 0 Å². The molecule has 0 unspecified atom stereocenters.